The molecule has 0 fully saturated rings. The predicted molar refractivity (Wildman–Crippen MR) is 57.2 cm³/mol. The van der Waals surface area contributed by atoms with Gasteiger partial charge < -0.3 is 0 Å². The Hall–Kier alpha value is 0. The van der Waals surface area contributed by atoms with Crippen LogP contribution in [0.1, 0.15) is 54.9 Å². The van der Waals surface area contributed by atoms with Crippen molar-refractivity contribution in [1.29, 1.82) is 0 Å². The summed E-state index contributed by atoms with van der Waals surface area (Å²) in [7, 11) is 0. The van der Waals surface area contributed by atoms with Crippen LogP contribution in [0.2, 0.25) is 0 Å². The van der Waals surface area contributed by atoms with E-state index in [4.69, 9.17) is 0 Å². The summed E-state index contributed by atoms with van der Waals surface area (Å²) in [5.41, 5.74) is 0.509. The van der Waals surface area contributed by atoms with E-state index >= 15 is 0 Å². The fraction of sp³-hybridized carbons (Fsp3) is 1.00. The molecule has 0 N–H and O–H groups in total. The monoisotopic (exact) mass is 170 g/mol. The van der Waals surface area contributed by atoms with Crippen molar-refractivity contribution in [2.24, 2.45) is 23.2 Å². The van der Waals surface area contributed by atoms with Crippen molar-refractivity contribution in [1.82, 2.24) is 0 Å². The lowest BCUT2D eigenvalue weighted by Crippen LogP contribution is -2.36. The van der Waals surface area contributed by atoms with Gasteiger partial charge in [0.1, 0.15) is 0 Å². The summed E-state index contributed by atoms with van der Waals surface area (Å²) < 4.78 is 0. The first-order chi connectivity index (χ1) is 5.37. The standard InChI is InChI=1S/C12H26/c1-8-11(6)12(7,9(2)3)10(4)5/h9-11H,8H2,1-7H3. The molecule has 0 amide bonds. The molecule has 0 heteroatoms. The Kier molecular flexibility index (Phi) is 4.30. The SMILES string of the molecule is CCC(C)C(C)(C(C)C)C(C)C. The quantitative estimate of drug-likeness (QED) is 0.588. The maximum absolute atomic E-state index is 2.44. The van der Waals surface area contributed by atoms with Crippen LogP contribution in [-0.4, -0.2) is 0 Å². The van der Waals surface area contributed by atoms with Gasteiger partial charge in [0.05, 0.1) is 0 Å². The molecule has 74 valence electrons. The molecule has 0 nitrogen and oxygen atoms in total. The van der Waals surface area contributed by atoms with Crippen LogP contribution in [0.5, 0.6) is 0 Å². The van der Waals surface area contributed by atoms with E-state index in [0.717, 1.165) is 17.8 Å². The van der Waals surface area contributed by atoms with Crippen molar-refractivity contribution in [3.05, 3.63) is 0 Å². The van der Waals surface area contributed by atoms with E-state index < -0.39 is 0 Å². The lowest BCUT2D eigenvalue weighted by atomic mass is 9.62. The Labute approximate surface area is 78.8 Å². The zero-order chi connectivity index (χ0) is 9.94. The fourth-order valence-corrected chi connectivity index (χ4v) is 2.24. The highest BCUT2D eigenvalue weighted by Gasteiger charge is 2.36. The Morgan fingerprint density at radius 3 is 1.33 bits per heavy atom. The highest BCUT2D eigenvalue weighted by molar-refractivity contribution is 4.85. The molecule has 0 aliphatic carbocycles. The van der Waals surface area contributed by atoms with Crippen LogP contribution in [0.15, 0.2) is 0 Å². The van der Waals surface area contributed by atoms with Gasteiger partial charge in [0.25, 0.3) is 0 Å². The summed E-state index contributed by atoms with van der Waals surface area (Å²) in [4.78, 5) is 0. The van der Waals surface area contributed by atoms with Gasteiger partial charge in [0.15, 0.2) is 0 Å². The maximum atomic E-state index is 2.44. The molecule has 0 aromatic rings. The smallest absolute Gasteiger partial charge is 0.0254 e. The summed E-state index contributed by atoms with van der Waals surface area (Å²) in [5, 5.41) is 0. The first kappa shape index (κ1) is 12.0. The summed E-state index contributed by atoms with van der Waals surface area (Å²) in [6.07, 6.45) is 1.30. The molecule has 0 bridgehead atoms. The Morgan fingerprint density at radius 1 is 0.917 bits per heavy atom. The Morgan fingerprint density at radius 2 is 1.25 bits per heavy atom. The van der Waals surface area contributed by atoms with Crippen LogP contribution in [0, 0.1) is 23.2 Å². The maximum Gasteiger partial charge on any atom is -0.0254 e. The van der Waals surface area contributed by atoms with Crippen molar-refractivity contribution in [2.45, 2.75) is 54.9 Å². The molecule has 0 saturated carbocycles. The molecule has 1 atom stereocenters. The van der Waals surface area contributed by atoms with Crippen LogP contribution in [0.25, 0.3) is 0 Å². The van der Waals surface area contributed by atoms with E-state index in [-0.39, 0.29) is 0 Å². The summed E-state index contributed by atoms with van der Waals surface area (Å²) in [6, 6.07) is 0. The summed E-state index contributed by atoms with van der Waals surface area (Å²) in [6.45, 7) is 16.5. The normalized spacial score (nSPS) is 15.8. The summed E-state index contributed by atoms with van der Waals surface area (Å²) in [5.74, 6) is 2.40. The highest BCUT2D eigenvalue weighted by atomic mass is 14.4. The Bertz CT molecular complexity index is 114. The van der Waals surface area contributed by atoms with E-state index in [1.165, 1.54) is 6.42 Å². The van der Waals surface area contributed by atoms with Gasteiger partial charge in [-0.1, -0.05) is 54.9 Å². The van der Waals surface area contributed by atoms with Crippen molar-refractivity contribution in [2.75, 3.05) is 0 Å². The van der Waals surface area contributed by atoms with E-state index in [0.29, 0.717) is 5.41 Å². The molecule has 0 heterocycles. The minimum Gasteiger partial charge on any atom is -0.0651 e. The molecular weight excluding hydrogens is 144 g/mol. The average Bonchev–Trinajstić information content (AvgIpc) is 2.00. The molecule has 0 aliphatic heterocycles. The van der Waals surface area contributed by atoms with E-state index in [9.17, 15) is 0 Å². The Balaban J connectivity index is 4.61. The third-order valence-electron chi connectivity index (χ3n) is 4.16. The van der Waals surface area contributed by atoms with Crippen LogP contribution in [0.3, 0.4) is 0 Å². The van der Waals surface area contributed by atoms with E-state index in [1.807, 2.05) is 0 Å². The minimum absolute atomic E-state index is 0.509. The van der Waals surface area contributed by atoms with Gasteiger partial charge in [-0.2, -0.15) is 0 Å². The molecule has 1 unspecified atom stereocenters. The second kappa shape index (κ2) is 4.30. The number of hydrogen-bond donors (Lipinski definition) is 0. The van der Waals surface area contributed by atoms with Gasteiger partial charge in [0, 0.05) is 0 Å². The van der Waals surface area contributed by atoms with Gasteiger partial charge in [-0.3, -0.25) is 0 Å². The minimum atomic E-state index is 0.509. The lowest BCUT2D eigenvalue weighted by molar-refractivity contribution is 0.0606. The van der Waals surface area contributed by atoms with Crippen molar-refractivity contribution in [3.63, 3.8) is 0 Å². The van der Waals surface area contributed by atoms with Gasteiger partial charge in [-0.05, 0) is 23.2 Å². The van der Waals surface area contributed by atoms with Crippen molar-refractivity contribution in [3.8, 4) is 0 Å². The van der Waals surface area contributed by atoms with Crippen LogP contribution in [0.4, 0.5) is 0 Å². The van der Waals surface area contributed by atoms with Gasteiger partial charge in [0.2, 0.25) is 0 Å². The third-order valence-corrected chi connectivity index (χ3v) is 4.16. The first-order valence-corrected chi connectivity index (χ1v) is 5.37. The molecule has 0 aromatic heterocycles. The molecular formula is C12H26. The predicted octanol–water partition coefficient (Wildman–Crippen LogP) is 4.35. The molecule has 0 spiro atoms. The second-order valence-corrected chi connectivity index (χ2v) is 4.98. The van der Waals surface area contributed by atoms with E-state index in [2.05, 4.69) is 48.5 Å². The zero-order valence-corrected chi connectivity index (χ0v) is 9.94. The third kappa shape index (κ3) is 2.02. The van der Waals surface area contributed by atoms with Crippen LogP contribution >= 0.6 is 0 Å². The van der Waals surface area contributed by atoms with Gasteiger partial charge in [-0.25, -0.2) is 0 Å². The molecule has 0 saturated heterocycles. The summed E-state index contributed by atoms with van der Waals surface area (Å²) >= 11 is 0. The molecule has 12 heavy (non-hydrogen) atoms. The number of rotatable bonds is 4. The first-order valence-electron chi connectivity index (χ1n) is 5.37. The molecule has 0 aliphatic rings. The second-order valence-electron chi connectivity index (χ2n) is 4.98. The molecule has 0 rings (SSSR count). The van der Waals surface area contributed by atoms with Crippen LogP contribution < -0.4 is 0 Å². The zero-order valence-electron chi connectivity index (χ0n) is 9.94. The topological polar surface area (TPSA) is 0 Å². The lowest BCUT2D eigenvalue weighted by Gasteiger charge is -2.43. The van der Waals surface area contributed by atoms with Gasteiger partial charge >= 0.3 is 0 Å². The van der Waals surface area contributed by atoms with Crippen LogP contribution in [-0.2, 0) is 0 Å². The number of hydrogen-bond acceptors (Lipinski definition) is 0. The van der Waals surface area contributed by atoms with Crippen molar-refractivity contribution >= 4 is 0 Å². The van der Waals surface area contributed by atoms with Gasteiger partial charge in [-0.15, -0.1) is 0 Å². The molecule has 0 aromatic carbocycles. The fourth-order valence-electron chi connectivity index (χ4n) is 2.24. The van der Waals surface area contributed by atoms with Crippen molar-refractivity contribution < 1.29 is 0 Å². The highest BCUT2D eigenvalue weighted by Crippen LogP contribution is 2.43. The average molecular weight is 170 g/mol. The largest absolute Gasteiger partial charge is 0.0651 e. The van der Waals surface area contributed by atoms with E-state index in [1.54, 1.807) is 0 Å². The molecule has 0 radical (unpaired) electrons.